The molecule has 0 saturated heterocycles. The van der Waals surface area contributed by atoms with E-state index in [1.54, 1.807) is 22.3 Å². The molecular weight excluding hydrogens is 518 g/mol. The molecule has 0 aliphatic heterocycles. The number of hydrogen-bond donors (Lipinski definition) is 0. The van der Waals surface area contributed by atoms with Crippen LogP contribution >= 0.6 is 0 Å². The average molecular weight is 551 g/mol. The smallest absolute Gasteiger partial charge is 1.00 e. The molecular formula is C20H33Cl2HfSi. The number of halogens is 2. The second kappa shape index (κ2) is 10.1. The Kier molecular flexibility index (Phi) is 10.4. The van der Waals surface area contributed by atoms with Crippen LogP contribution in [0.5, 0.6) is 0 Å². The molecule has 4 heteroatoms. The molecule has 2 rings (SSSR count). The van der Waals surface area contributed by atoms with Crippen LogP contribution in [0.4, 0.5) is 0 Å². The molecule has 0 amide bonds. The summed E-state index contributed by atoms with van der Waals surface area (Å²) in [4.78, 5) is 0. The maximum absolute atomic E-state index is 2.50. The Morgan fingerprint density at radius 1 is 0.792 bits per heavy atom. The zero-order chi connectivity index (χ0) is 16.6. The minimum atomic E-state index is -1.89. The topological polar surface area (TPSA) is 0 Å². The normalized spacial score (nSPS) is 23.2. The van der Waals surface area contributed by atoms with E-state index in [1.807, 2.05) is 6.66 Å². The molecule has 0 nitrogen and oxygen atoms in total. The minimum Gasteiger partial charge on any atom is -1.00 e. The van der Waals surface area contributed by atoms with Gasteiger partial charge in [-0.2, -0.15) is 0 Å². The summed E-state index contributed by atoms with van der Waals surface area (Å²) in [5.41, 5.74) is 6.54. The summed E-state index contributed by atoms with van der Waals surface area (Å²) in [6.45, 7) is 19.4. The summed E-state index contributed by atoms with van der Waals surface area (Å²) in [5.74, 6) is 0.888. The number of rotatable bonds is 5. The minimum absolute atomic E-state index is 0. The molecule has 0 radical (unpaired) electrons. The second-order valence-corrected chi connectivity index (χ2v) is 30.7. The molecule has 0 bridgehead atoms. The van der Waals surface area contributed by atoms with Gasteiger partial charge in [-0.15, -0.1) is 0 Å². The SMILES string of the molecule is CC[SiH](CC)[Hf+2]([C]1=C(C)C=C(C)C1C)[C]1=C(C)C=C(C)C1C.[Cl-].[Cl-]. The van der Waals surface area contributed by atoms with Crippen LogP contribution in [0, 0.1) is 11.8 Å². The van der Waals surface area contributed by atoms with E-state index in [9.17, 15) is 0 Å². The van der Waals surface area contributed by atoms with E-state index in [1.165, 1.54) is 12.1 Å². The molecule has 0 N–H and O–H groups in total. The Labute approximate surface area is 170 Å². The van der Waals surface area contributed by atoms with Crippen LogP contribution in [-0.2, 0) is 20.6 Å². The molecule has 0 aromatic rings. The van der Waals surface area contributed by atoms with Gasteiger partial charge in [0, 0.05) is 0 Å². The number of allylic oxidation sites excluding steroid dienone is 8. The Balaban J connectivity index is 0.00000264. The molecule has 0 aromatic heterocycles. The summed E-state index contributed by atoms with van der Waals surface area (Å²) in [7, 11) is 0. The van der Waals surface area contributed by atoms with Crippen molar-refractivity contribution in [3.8, 4) is 0 Å². The van der Waals surface area contributed by atoms with Crippen molar-refractivity contribution in [2.75, 3.05) is 0 Å². The summed E-state index contributed by atoms with van der Waals surface area (Å²) in [6, 6.07) is 3.01. The van der Waals surface area contributed by atoms with Gasteiger partial charge in [-0.05, 0) is 0 Å². The fourth-order valence-corrected chi connectivity index (χ4v) is 42.4. The largest absolute Gasteiger partial charge is 1.00 e. The fraction of sp³-hybridized carbons (Fsp3) is 0.600. The van der Waals surface area contributed by atoms with Gasteiger partial charge in [0.05, 0.1) is 0 Å². The molecule has 2 atom stereocenters. The van der Waals surface area contributed by atoms with Gasteiger partial charge in [0.25, 0.3) is 0 Å². The van der Waals surface area contributed by atoms with Crippen LogP contribution in [-0.4, -0.2) is 5.98 Å². The molecule has 2 aliphatic rings. The van der Waals surface area contributed by atoms with Crippen LogP contribution in [0.15, 0.2) is 41.1 Å². The third-order valence-corrected chi connectivity index (χ3v) is 41.5. The quantitative estimate of drug-likeness (QED) is 0.427. The maximum Gasteiger partial charge on any atom is -1.00 e. The zero-order valence-electron chi connectivity index (χ0n) is 16.6. The molecule has 0 heterocycles. The van der Waals surface area contributed by atoms with Gasteiger partial charge < -0.3 is 24.8 Å². The third kappa shape index (κ3) is 4.48. The van der Waals surface area contributed by atoms with Crippen molar-refractivity contribution in [3.63, 3.8) is 0 Å². The Hall–Kier alpha value is 0.627. The monoisotopic (exact) mass is 551 g/mol. The van der Waals surface area contributed by atoms with Gasteiger partial charge in [0.2, 0.25) is 0 Å². The second-order valence-electron chi connectivity index (χ2n) is 7.34. The van der Waals surface area contributed by atoms with Gasteiger partial charge in [-0.3, -0.25) is 0 Å². The first-order valence-electron chi connectivity index (χ1n) is 8.98. The first kappa shape index (κ1) is 24.6. The average Bonchev–Trinajstić information content (AvgIpc) is 2.85. The fourth-order valence-electron chi connectivity index (χ4n) is 4.40. The predicted octanol–water partition coefficient (Wildman–Crippen LogP) is 0.116. The van der Waals surface area contributed by atoms with Gasteiger partial charge in [-0.25, -0.2) is 0 Å². The predicted molar refractivity (Wildman–Crippen MR) is 99.4 cm³/mol. The standard InChI is InChI=1S/2C8H11.C4H11Si.2ClH.Hf/c2*1-6-4-7(2)8(3)5-6;1-3-5-4-2;;;/h2*4,8H,1-3H3;5H,3-4H2,1-2H3;2*1H;/q;;;;;+2/p-2. The Morgan fingerprint density at radius 2 is 1.12 bits per heavy atom. The van der Waals surface area contributed by atoms with E-state index in [4.69, 9.17) is 0 Å². The van der Waals surface area contributed by atoms with E-state index in [0.29, 0.717) is 0 Å². The van der Waals surface area contributed by atoms with Crippen molar-refractivity contribution in [3.05, 3.63) is 41.1 Å². The first-order chi connectivity index (χ1) is 10.3. The summed E-state index contributed by atoms with van der Waals surface area (Å²) in [5, 5.41) is 0. The number of hydrogen-bond acceptors (Lipinski definition) is 0. The first-order valence-corrected chi connectivity index (χ1v) is 21.0. The van der Waals surface area contributed by atoms with Crippen molar-refractivity contribution in [2.45, 2.75) is 67.5 Å². The summed E-state index contributed by atoms with van der Waals surface area (Å²) < 4.78 is 3.96. The summed E-state index contributed by atoms with van der Waals surface area (Å²) in [6.07, 6.45) is 4.99. The van der Waals surface area contributed by atoms with Gasteiger partial charge in [0.15, 0.2) is 0 Å². The van der Waals surface area contributed by atoms with E-state index in [0.717, 1.165) is 11.8 Å². The molecule has 0 aromatic carbocycles. The van der Waals surface area contributed by atoms with Crippen molar-refractivity contribution in [1.29, 1.82) is 0 Å². The van der Waals surface area contributed by atoms with Gasteiger partial charge >= 0.3 is 147 Å². The molecule has 0 spiro atoms. The van der Waals surface area contributed by atoms with Gasteiger partial charge in [-0.1, -0.05) is 0 Å². The Bertz CT molecular complexity index is 536. The van der Waals surface area contributed by atoms with Crippen LogP contribution in [0.2, 0.25) is 12.1 Å². The molecule has 2 aliphatic carbocycles. The van der Waals surface area contributed by atoms with Crippen molar-refractivity contribution >= 4 is 5.98 Å². The van der Waals surface area contributed by atoms with E-state index in [-0.39, 0.29) is 24.8 Å². The Morgan fingerprint density at radius 3 is 1.33 bits per heavy atom. The van der Waals surface area contributed by atoms with E-state index < -0.39 is 26.6 Å². The van der Waals surface area contributed by atoms with Crippen molar-refractivity contribution in [1.82, 2.24) is 0 Å². The molecule has 0 fully saturated rings. The van der Waals surface area contributed by atoms with Crippen molar-refractivity contribution in [2.24, 2.45) is 11.8 Å². The molecule has 2 unspecified atom stereocenters. The van der Waals surface area contributed by atoms with Gasteiger partial charge in [0.1, 0.15) is 0 Å². The molecule has 135 valence electrons. The van der Waals surface area contributed by atoms with Crippen molar-refractivity contribution < 1.29 is 45.4 Å². The molecule has 24 heavy (non-hydrogen) atoms. The summed E-state index contributed by atoms with van der Waals surface area (Å²) >= 11 is -1.89. The van der Waals surface area contributed by atoms with Crippen LogP contribution in [0.3, 0.4) is 0 Å². The maximum atomic E-state index is 2.50. The van der Waals surface area contributed by atoms with E-state index >= 15 is 0 Å². The molecule has 0 saturated carbocycles. The van der Waals surface area contributed by atoms with E-state index in [2.05, 4.69) is 67.5 Å². The zero-order valence-corrected chi connectivity index (χ0v) is 22.8. The van der Waals surface area contributed by atoms with Crippen LogP contribution < -0.4 is 24.8 Å². The van der Waals surface area contributed by atoms with Crippen LogP contribution in [0.25, 0.3) is 0 Å². The third-order valence-electron chi connectivity index (χ3n) is 5.94. The van der Waals surface area contributed by atoms with Crippen LogP contribution in [0.1, 0.15) is 55.4 Å².